The van der Waals surface area contributed by atoms with Gasteiger partial charge in [0.25, 0.3) is 11.8 Å². The summed E-state index contributed by atoms with van der Waals surface area (Å²) in [6.45, 7) is 1.53. The minimum Gasteiger partial charge on any atom is -0.506 e. The van der Waals surface area contributed by atoms with Crippen molar-refractivity contribution in [3.8, 4) is 11.5 Å². The van der Waals surface area contributed by atoms with E-state index in [0.29, 0.717) is 16.3 Å². The summed E-state index contributed by atoms with van der Waals surface area (Å²) >= 11 is 5.78. The summed E-state index contributed by atoms with van der Waals surface area (Å²) in [4.78, 5) is 37.5. The molecule has 140 valence electrons. The largest absolute Gasteiger partial charge is 0.506 e. The van der Waals surface area contributed by atoms with Gasteiger partial charge in [0.15, 0.2) is 0 Å². The molecule has 1 atom stereocenters. The van der Waals surface area contributed by atoms with Crippen molar-refractivity contribution < 1.29 is 24.2 Å². The van der Waals surface area contributed by atoms with E-state index in [0.717, 1.165) is 0 Å². The van der Waals surface area contributed by atoms with Crippen LogP contribution in [0.25, 0.3) is 0 Å². The zero-order valence-electron chi connectivity index (χ0n) is 14.4. The third-order valence-corrected chi connectivity index (χ3v) is 4.56. The quantitative estimate of drug-likeness (QED) is 0.694. The van der Waals surface area contributed by atoms with Crippen LogP contribution in [0.4, 0.5) is 4.79 Å². The number of phenols is 1. The first-order valence-corrected chi connectivity index (χ1v) is 8.25. The first kappa shape index (κ1) is 18.5. The molecule has 4 amide bonds. The van der Waals surface area contributed by atoms with Gasteiger partial charge in [-0.05, 0) is 42.8 Å². The van der Waals surface area contributed by atoms with Crippen LogP contribution in [0.3, 0.4) is 0 Å². The standard InChI is InChI=1S/C18H16ClN3O5/c1-18(11-4-3-5-12(9-11)27-2)16(25)22(17(26)20-18)21-15(24)10-6-7-14(23)13(19)8-10/h3-9,23H,1-2H3,(H,20,26)(H,21,24)/t18-/m1/s1. The number of benzene rings is 2. The molecule has 3 rings (SSSR count). The lowest BCUT2D eigenvalue weighted by atomic mass is 9.92. The van der Waals surface area contributed by atoms with Gasteiger partial charge in [-0.3, -0.25) is 15.0 Å². The van der Waals surface area contributed by atoms with E-state index in [9.17, 15) is 19.5 Å². The molecule has 1 aliphatic heterocycles. The Balaban J connectivity index is 1.85. The third-order valence-electron chi connectivity index (χ3n) is 4.26. The monoisotopic (exact) mass is 389 g/mol. The summed E-state index contributed by atoms with van der Waals surface area (Å²) in [5.41, 5.74) is 1.47. The number of phenolic OH excluding ortho intramolecular Hbond substituents is 1. The summed E-state index contributed by atoms with van der Waals surface area (Å²) in [7, 11) is 1.49. The summed E-state index contributed by atoms with van der Waals surface area (Å²) in [5, 5.41) is 12.6. The molecule has 1 aliphatic rings. The number of ether oxygens (including phenoxy) is 1. The zero-order chi connectivity index (χ0) is 19.8. The molecule has 1 saturated heterocycles. The summed E-state index contributed by atoms with van der Waals surface area (Å²) < 4.78 is 5.15. The fourth-order valence-electron chi connectivity index (χ4n) is 2.68. The lowest BCUT2D eigenvalue weighted by Gasteiger charge is -2.22. The van der Waals surface area contributed by atoms with E-state index < -0.39 is 23.4 Å². The molecular weight excluding hydrogens is 374 g/mol. The maximum Gasteiger partial charge on any atom is 0.344 e. The lowest BCUT2D eigenvalue weighted by molar-refractivity contribution is -0.132. The first-order chi connectivity index (χ1) is 12.8. The predicted molar refractivity (Wildman–Crippen MR) is 96.3 cm³/mol. The number of halogens is 1. The van der Waals surface area contributed by atoms with Crippen LogP contribution in [-0.2, 0) is 10.3 Å². The van der Waals surface area contributed by atoms with Crippen molar-refractivity contribution in [2.45, 2.75) is 12.5 Å². The maximum atomic E-state index is 12.8. The molecule has 0 spiro atoms. The van der Waals surface area contributed by atoms with Gasteiger partial charge in [-0.2, -0.15) is 5.01 Å². The molecule has 0 aliphatic carbocycles. The van der Waals surface area contributed by atoms with Crippen molar-refractivity contribution in [2.24, 2.45) is 0 Å². The zero-order valence-corrected chi connectivity index (χ0v) is 15.2. The molecule has 0 aromatic heterocycles. The lowest BCUT2D eigenvalue weighted by Crippen LogP contribution is -2.47. The van der Waals surface area contributed by atoms with Crippen molar-refractivity contribution >= 4 is 29.4 Å². The number of amides is 4. The molecule has 1 heterocycles. The molecule has 1 fully saturated rings. The van der Waals surface area contributed by atoms with Gasteiger partial charge >= 0.3 is 6.03 Å². The topological polar surface area (TPSA) is 108 Å². The molecule has 27 heavy (non-hydrogen) atoms. The molecule has 3 N–H and O–H groups in total. The summed E-state index contributed by atoms with van der Waals surface area (Å²) in [6.07, 6.45) is 0. The van der Waals surface area contributed by atoms with Crippen molar-refractivity contribution in [2.75, 3.05) is 7.11 Å². The Hall–Kier alpha value is -3.26. The van der Waals surface area contributed by atoms with Gasteiger partial charge in [0.05, 0.1) is 12.1 Å². The number of carbonyl (C=O) groups excluding carboxylic acids is 3. The third kappa shape index (κ3) is 3.26. The summed E-state index contributed by atoms with van der Waals surface area (Å²) in [6, 6.07) is 9.71. The second-order valence-corrected chi connectivity index (χ2v) is 6.44. The van der Waals surface area contributed by atoms with Gasteiger partial charge in [-0.15, -0.1) is 0 Å². The van der Waals surface area contributed by atoms with Crippen molar-refractivity contribution in [3.63, 3.8) is 0 Å². The second kappa shape index (κ2) is 6.81. The highest BCUT2D eigenvalue weighted by Gasteiger charge is 2.50. The SMILES string of the molecule is COc1cccc([C@@]2(C)NC(=O)N(NC(=O)c3ccc(O)c(Cl)c3)C2=O)c1. The van der Waals surface area contributed by atoms with E-state index in [1.165, 1.54) is 32.2 Å². The number of rotatable bonds is 4. The average Bonchev–Trinajstić information content (AvgIpc) is 2.88. The van der Waals surface area contributed by atoms with E-state index in [-0.39, 0.29) is 16.3 Å². The number of aromatic hydroxyl groups is 1. The molecule has 0 bridgehead atoms. The van der Waals surface area contributed by atoms with Crippen molar-refractivity contribution in [3.05, 3.63) is 58.6 Å². The van der Waals surface area contributed by atoms with Crippen LogP contribution in [0.15, 0.2) is 42.5 Å². The average molecular weight is 390 g/mol. The van der Waals surface area contributed by atoms with Crippen molar-refractivity contribution in [1.29, 1.82) is 0 Å². The molecule has 2 aromatic carbocycles. The van der Waals surface area contributed by atoms with Gasteiger partial charge in [-0.1, -0.05) is 23.7 Å². The smallest absolute Gasteiger partial charge is 0.344 e. The van der Waals surface area contributed by atoms with E-state index in [1.54, 1.807) is 24.3 Å². The number of methoxy groups -OCH3 is 1. The molecule has 9 heteroatoms. The van der Waals surface area contributed by atoms with Crippen LogP contribution in [0, 0.1) is 0 Å². The van der Waals surface area contributed by atoms with Gasteiger partial charge in [0, 0.05) is 5.56 Å². The number of hydrogen-bond acceptors (Lipinski definition) is 5. The first-order valence-electron chi connectivity index (χ1n) is 7.87. The van der Waals surface area contributed by atoms with Crippen LogP contribution >= 0.6 is 11.6 Å². The number of carbonyl (C=O) groups is 3. The van der Waals surface area contributed by atoms with E-state index >= 15 is 0 Å². The van der Waals surface area contributed by atoms with Gasteiger partial charge < -0.3 is 15.2 Å². The fourth-order valence-corrected chi connectivity index (χ4v) is 2.87. The Labute approximate surface area is 159 Å². The number of imide groups is 1. The fraction of sp³-hybridized carbons (Fsp3) is 0.167. The van der Waals surface area contributed by atoms with Gasteiger partial charge in [0.2, 0.25) is 0 Å². The second-order valence-electron chi connectivity index (χ2n) is 6.03. The van der Waals surface area contributed by atoms with Crippen LogP contribution in [0.5, 0.6) is 11.5 Å². The van der Waals surface area contributed by atoms with Gasteiger partial charge in [-0.25, -0.2) is 4.79 Å². The number of urea groups is 1. The highest BCUT2D eigenvalue weighted by atomic mass is 35.5. The van der Waals surface area contributed by atoms with Crippen LogP contribution < -0.4 is 15.5 Å². The molecule has 0 radical (unpaired) electrons. The van der Waals surface area contributed by atoms with E-state index in [4.69, 9.17) is 16.3 Å². The normalized spacial score (nSPS) is 19.0. The molecular formula is C18H16ClN3O5. The highest BCUT2D eigenvalue weighted by molar-refractivity contribution is 6.32. The molecule has 0 unspecified atom stereocenters. The number of hydrazine groups is 1. The predicted octanol–water partition coefficient (Wildman–Crippen LogP) is 2.17. The van der Waals surface area contributed by atoms with E-state index in [2.05, 4.69) is 10.7 Å². The van der Waals surface area contributed by atoms with Gasteiger partial charge in [0.1, 0.15) is 17.0 Å². The van der Waals surface area contributed by atoms with Crippen LogP contribution in [0.2, 0.25) is 5.02 Å². The Morgan fingerprint density at radius 2 is 2.00 bits per heavy atom. The molecule has 0 saturated carbocycles. The van der Waals surface area contributed by atoms with Crippen LogP contribution in [0.1, 0.15) is 22.8 Å². The molecule has 8 nitrogen and oxygen atoms in total. The Kier molecular flexibility index (Phi) is 4.67. The van der Waals surface area contributed by atoms with Crippen LogP contribution in [-0.4, -0.2) is 35.1 Å². The Morgan fingerprint density at radius 3 is 2.67 bits per heavy atom. The Bertz CT molecular complexity index is 948. The minimum atomic E-state index is -1.37. The maximum absolute atomic E-state index is 12.8. The van der Waals surface area contributed by atoms with E-state index in [1.807, 2.05) is 0 Å². The highest BCUT2D eigenvalue weighted by Crippen LogP contribution is 2.30. The minimum absolute atomic E-state index is 0.0268. The summed E-state index contributed by atoms with van der Waals surface area (Å²) in [5.74, 6) is -1.04. The van der Waals surface area contributed by atoms with Crippen molar-refractivity contribution in [1.82, 2.24) is 15.8 Å². The number of hydrogen-bond donors (Lipinski definition) is 3. The molecule has 2 aromatic rings. The Morgan fingerprint density at radius 1 is 1.26 bits per heavy atom. The number of nitrogens with zero attached hydrogens (tertiary/aromatic N) is 1. The number of nitrogens with one attached hydrogen (secondary N) is 2.